The molecule has 1 atom stereocenters. The Kier molecular flexibility index (Phi) is 3.80. The molecule has 1 aliphatic rings. The van der Waals surface area contributed by atoms with E-state index in [9.17, 15) is 9.18 Å². The Morgan fingerprint density at radius 2 is 2.10 bits per heavy atom. The molecule has 0 saturated heterocycles. The third-order valence-electron chi connectivity index (χ3n) is 5.02. The van der Waals surface area contributed by atoms with E-state index in [1.165, 1.54) is 13.8 Å². The zero-order valence-corrected chi connectivity index (χ0v) is 15.8. The lowest BCUT2D eigenvalue weighted by Gasteiger charge is -2.32. The number of benzene rings is 1. The molecule has 0 radical (unpaired) electrons. The number of aromatic nitrogens is 4. The second-order valence-corrected chi connectivity index (χ2v) is 7.49. The summed E-state index contributed by atoms with van der Waals surface area (Å²) in [5, 5.41) is 8.38. The summed E-state index contributed by atoms with van der Waals surface area (Å²) in [5.41, 5.74) is 0.530. The van der Waals surface area contributed by atoms with Gasteiger partial charge in [-0.15, -0.1) is 10.2 Å². The van der Waals surface area contributed by atoms with Crippen molar-refractivity contribution in [1.29, 1.82) is 0 Å². The highest BCUT2D eigenvalue weighted by molar-refractivity contribution is 5.90. The van der Waals surface area contributed by atoms with Gasteiger partial charge in [0, 0.05) is 24.0 Å². The lowest BCUT2D eigenvalue weighted by molar-refractivity contribution is 0.0622. The van der Waals surface area contributed by atoms with Gasteiger partial charge in [0.25, 0.3) is 5.89 Å². The molecule has 8 nitrogen and oxygen atoms in total. The molecule has 0 spiro atoms. The monoisotopic (exact) mass is 395 g/mol. The topological polar surface area (TPSA) is 101 Å². The van der Waals surface area contributed by atoms with Crippen LogP contribution in [0.5, 0.6) is 0 Å². The zero-order chi connectivity index (χ0) is 20.2. The van der Waals surface area contributed by atoms with E-state index in [2.05, 4.69) is 20.2 Å². The van der Waals surface area contributed by atoms with Gasteiger partial charge in [0.15, 0.2) is 5.67 Å². The number of H-pyrrole nitrogens is 1. The van der Waals surface area contributed by atoms with Crippen molar-refractivity contribution in [3.05, 3.63) is 65.6 Å². The molecule has 0 bridgehead atoms. The molecule has 9 heteroatoms. The van der Waals surface area contributed by atoms with Crippen molar-refractivity contribution in [3.8, 4) is 0 Å². The minimum atomic E-state index is -1.83. The van der Waals surface area contributed by atoms with Crippen LogP contribution in [0.1, 0.15) is 53.6 Å². The second-order valence-electron chi connectivity index (χ2n) is 7.49. The number of rotatable bonds is 3. The summed E-state index contributed by atoms with van der Waals surface area (Å²) < 4.78 is 25.5. The van der Waals surface area contributed by atoms with Gasteiger partial charge in [-0.25, -0.2) is 9.37 Å². The van der Waals surface area contributed by atoms with Crippen LogP contribution in [0.15, 0.2) is 45.5 Å². The highest BCUT2D eigenvalue weighted by atomic mass is 19.1. The highest BCUT2D eigenvalue weighted by Gasteiger charge is 2.39. The summed E-state index contributed by atoms with van der Waals surface area (Å²) >= 11 is 0. The zero-order valence-electron chi connectivity index (χ0n) is 15.8. The summed E-state index contributed by atoms with van der Waals surface area (Å²) in [5.74, 6) is -0.408. The number of fused-ring (bicyclic) bond motifs is 2. The Bertz CT molecular complexity index is 1170. The van der Waals surface area contributed by atoms with Crippen molar-refractivity contribution in [2.75, 3.05) is 6.54 Å². The van der Waals surface area contributed by atoms with Gasteiger partial charge in [0.05, 0.1) is 12.0 Å². The molecule has 1 N–H and O–H groups in total. The number of alkyl halides is 1. The molecule has 4 aromatic rings. The molecule has 1 aromatic carbocycles. The van der Waals surface area contributed by atoms with Crippen molar-refractivity contribution in [3.63, 3.8) is 0 Å². The number of halogens is 1. The first-order valence-electron chi connectivity index (χ1n) is 9.26. The van der Waals surface area contributed by atoms with Crippen LogP contribution in [0.2, 0.25) is 0 Å². The Morgan fingerprint density at radius 1 is 1.28 bits per heavy atom. The Morgan fingerprint density at radius 3 is 2.86 bits per heavy atom. The molecule has 0 saturated carbocycles. The van der Waals surface area contributed by atoms with E-state index >= 15 is 0 Å². The highest BCUT2D eigenvalue weighted by Crippen LogP contribution is 2.37. The Balaban J connectivity index is 1.57. The van der Waals surface area contributed by atoms with E-state index in [0.29, 0.717) is 24.4 Å². The molecule has 5 rings (SSSR count). The molecule has 0 aliphatic carbocycles. The van der Waals surface area contributed by atoms with Crippen LogP contribution < -0.4 is 0 Å². The average molecular weight is 395 g/mol. The van der Waals surface area contributed by atoms with Crippen LogP contribution >= 0.6 is 0 Å². The van der Waals surface area contributed by atoms with E-state index in [0.717, 1.165) is 16.7 Å². The first-order valence-corrected chi connectivity index (χ1v) is 9.26. The van der Waals surface area contributed by atoms with Crippen LogP contribution in [0.25, 0.3) is 11.0 Å². The molecule has 1 amide bonds. The maximum absolute atomic E-state index is 14.1. The standard InChI is InChI=1S/C20H18FN5O3/c1-20(2,21)19-25-24-17(29-19)18(27)26-8-7-12-15(23-10-22-12)16(26)14-9-11-5-3-4-6-13(11)28-14/h3-6,9-10,16H,7-8H2,1-2H3,(H,22,23)/t16-/m1/s1. The van der Waals surface area contributed by atoms with Crippen molar-refractivity contribution in [1.82, 2.24) is 25.1 Å². The number of amides is 1. The molecule has 4 heterocycles. The van der Waals surface area contributed by atoms with Gasteiger partial charge in [-0.05, 0) is 26.0 Å². The number of hydrogen-bond acceptors (Lipinski definition) is 6. The first kappa shape index (κ1) is 17.6. The van der Waals surface area contributed by atoms with Gasteiger partial charge in [-0.1, -0.05) is 18.2 Å². The van der Waals surface area contributed by atoms with Crippen LogP contribution in [-0.2, 0) is 12.1 Å². The number of furan rings is 1. The van der Waals surface area contributed by atoms with Crippen molar-refractivity contribution < 1.29 is 18.0 Å². The number of carbonyl (C=O) groups is 1. The van der Waals surface area contributed by atoms with E-state index in [1.54, 1.807) is 11.2 Å². The molecule has 0 unspecified atom stereocenters. The van der Waals surface area contributed by atoms with Crippen LogP contribution in [0.4, 0.5) is 4.39 Å². The predicted octanol–water partition coefficient (Wildman–Crippen LogP) is 3.53. The molecular weight excluding hydrogens is 377 g/mol. The minimum absolute atomic E-state index is 0.237. The molecule has 29 heavy (non-hydrogen) atoms. The normalized spacial score (nSPS) is 16.9. The smallest absolute Gasteiger partial charge is 0.312 e. The number of aromatic amines is 1. The lowest BCUT2D eigenvalue weighted by Crippen LogP contribution is -2.40. The number of nitrogens with zero attached hydrogens (tertiary/aromatic N) is 4. The maximum Gasteiger partial charge on any atom is 0.312 e. The number of nitrogens with one attached hydrogen (secondary N) is 1. The summed E-state index contributed by atoms with van der Waals surface area (Å²) in [6, 6.07) is 8.96. The van der Waals surface area contributed by atoms with Gasteiger partial charge in [-0.2, -0.15) is 0 Å². The minimum Gasteiger partial charge on any atom is -0.458 e. The molecule has 3 aromatic heterocycles. The SMILES string of the molecule is CC(C)(F)c1nnc(C(=O)N2CCc3[nH]cnc3[C@H]2c2cc3ccccc3o2)o1. The summed E-state index contributed by atoms with van der Waals surface area (Å²) in [6.07, 6.45) is 2.19. The van der Waals surface area contributed by atoms with Gasteiger partial charge >= 0.3 is 11.8 Å². The summed E-state index contributed by atoms with van der Waals surface area (Å²) in [4.78, 5) is 22.3. The number of imidazole rings is 1. The third kappa shape index (κ3) is 2.89. The fraction of sp³-hybridized carbons (Fsp3) is 0.300. The molecular formula is C20H18FN5O3. The van der Waals surface area contributed by atoms with E-state index in [-0.39, 0.29) is 11.8 Å². The second kappa shape index (κ2) is 6.26. The summed E-state index contributed by atoms with van der Waals surface area (Å²) in [7, 11) is 0. The fourth-order valence-electron chi connectivity index (χ4n) is 3.59. The fourth-order valence-corrected chi connectivity index (χ4v) is 3.59. The largest absolute Gasteiger partial charge is 0.458 e. The number of para-hydroxylation sites is 1. The van der Waals surface area contributed by atoms with Crippen LogP contribution in [0.3, 0.4) is 0 Å². The van der Waals surface area contributed by atoms with E-state index in [1.807, 2.05) is 30.3 Å². The first-order chi connectivity index (χ1) is 13.9. The van der Waals surface area contributed by atoms with Gasteiger partial charge in [-0.3, -0.25) is 4.79 Å². The number of carbonyl (C=O) groups excluding carboxylic acids is 1. The third-order valence-corrected chi connectivity index (χ3v) is 5.02. The van der Waals surface area contributed by atoms with Crippen molar-refractivity contribution in [2.24, 2.45) is 0 Å². The average Bonchev–Trinajstić information content (AvgIpc) is 3.44. The van der Waals surface area contributed by atoms with Gasteiger partial charge < -0.3 is 18.7 Å². The Hall–Kier alpha value is -3.49. The molecule has 0 fully saturated rings. The quantitative estimate of drug-likeness (QED) is 0.569. The molecule has 148 valence electrons. The van der Waals surface area contributed by atoms with Gasteiger partial charge in [0.2, 0.25) is 0 Å². The van der Waals surface area contributed by atoms with Crippen molar-refractivity contribution in [2.45, 2.75) is 32.0 Å². The van der Waals surface area contributed by atoms with E-state index < -0.39 is 17.6 Å². The lowest BCUT2D eigenvalue weighted by atomic mass is 10.00. The molecule has 1 aliphatic heterocycles. The van der Waals surface area contributed by atoms with Crippen LogP contribution in [-0.4, -0.2) is 37.5 Å². The van der Waals surface area contributed by atoms with Crippen LogP contribution in [0, 0.1) is 0 Å². The van der Waals surface area contributed by atoms with Crippen molar-refractivity contribution >= 4 is 16.9 Å². The maximum atomic E-state index is 14.1. The number of hydrogen-bond donors (Lipinski definition) is 1. The predicted molar refractivity (Wildman–Crippen MR) is 99.8 cm³/mol. The Labute approximate surface area is 164 Å². The summed E-state index contributed by atoms with van der Waals surface area (Å²) in [6.45, 7) is 2.98. The van der Waals surface area contributed by atoms with Gasteiger partial charge in [0.1, 0.15) is 17.4 Å². The van der Waals surface area contributed by atoms with E-state index in [4.69, 9.17) is 8.83 Å².